The summed E-state index contributed by atoms with van der Waals surface area (Å²) in [6.07, 6.45) is 5.66. The molecule has 4 aromatic heterocycles. The molecule has 0 saturated heterocycles. The summed E-state index contributed by atoms with van der Waals surface area (Å²) >= 11 is 0. The lowest BCUT2D eigenvalue weighted by Gasteiger charge is -2.12. The van der Waals surface area contributed by atoms with Crippen molar-refractivity contribution in [1.82, 2.24) is 39.9 Å². The molecule has 0 unspecified atom stereocenters. The van der Waals surface area contributed by atoms with Crippen molar-refractivity contribution in [3.63, 3.8) is 0 Å². The van der Waals surface area contributed by atoms with Crippen molar-refractivity contribution in [2.24, 2.45) is 0 Å². The second-order valence-electron chi connectivity index (χ2n) is 27.8. The third-order valence-corrected chi connectivity index (χ3v) is 20.8. The van der Waals surface area contributed by atoms with Gasteiger partial charge in [-0.3, -0.25) is 9.97 Å². The molecule has 0 atom stereocenters. The number of nitrogens with zero attached hydrogens (tertiary/aromatic N) is 8. The number of hydrogen-bond acceptors (Lipinski definition) is 8. The summed E-state index contributed by atoms with van der Waals surface area (Å²) in [6.45, 7) is 0. The van der Waals surface area contributed by atoms with Gasteiger partial charge in [-0.2, -0.15) is 0 Å². The van der Waals surface area contributed by atoms with Crippen molar-refractivity contribution >= 4 is 43.2 Å². The SMILES string of the molecule is c1ccc(-c2ccc(-c3nc(-c4ccccc4)nc(-c4ccc(-c5cccc(-c6ccc(-c7cc8cccnc8c8ccccc78)cc6)c5)cc4)n3)cc2)cc1.c1ccc(-c2ccc(-c3nc(-c4ccccc4)nc(-c4cccc(-c5cccc(-c6ccc(-c7ccc8c(ccc9ccncc98)c7)cc6)c5)c4)n3)cc2)cc1. The molecule has 8 nitrogen and oxygen atoms in total. The van der Waals surface area contributed by atoms with E-state index < -0.39 is 0 Å². The minimum Gasteiger partial charge on any atom is -0.264 e. The predicted octanol–water partition coefficient (Wildman–Crippen LogP) is 26.5. The quantitative estimate of drug-likeness (QED) is 0.0992. The Morgan fingerprint density at radius 3 is 0.920 bits per heavy atom. The minimum atomic E-state index is 0.633. The fourth-order valence-corrected chi connectivity index (χ4v) is 14.9. The average molecular weight is 1430 g/mol. The topological polar surface area (TPSA) is 103 Å². The molecule has 524 valence electrons. The van der Waals surface area contributed by atoms with Crippen molar-refractivity contribution in [2.45, 2.75) is 0 Å². The number of pyridine rings is 2. The second-order valence-corrected chi connectivity index (χ2v) is 27.8. The van der Waals surface area contributed by atoms with Crippen LogP contribution in [0.15, 0.2) is 413 Å². The third-order valence-electron chi connectivity index (χ3n) is 20.8. The Labute approximate surface area is 649 Å². The van der Waals surface area contributed by atoms with Crippen LogP contribution >= 0.6 is 0 Å². The van der Waals surface area contributed by atoms with Gasteiger partial charge in [-0.05, 0) is 153 Å². The van der Waals surface area contributed by atoms with Gasteiger partial charge in [-0.15, -0.1) is 0 Å². The van der Waals surface area contributed by atoms with Crippen LogP contribution in [0.3, 0.4) is 0 Å². The van der Waals surface area contributed by atoms with Crippen LogP contribution < -0.4 is 0 Å². The van der Waals surface area contributed by atoms with Crippen molar-refractivity contribution in [1.29, 1.82) is 0 Å². The molecule has 8 heteroatoms. The first-order valence-electron chi connectivity index (χ1n) is 37.6. The Bertz CT molecular complexity index is 6800. The van der Waals surface area contributed by atoms with Gasteiger partial charge in [0.05, 0.1) is 5.52 Å². The molecule has 0 aliphatic carbocycles. The minimum absolute atomic E-state index is 0.633. The molecule has 20 aromatic rings. The zero-order chi connectivity index (χ0) is 74.5. The van der Waals surface area contributed by atoms with E-state index in [1.54, 1.807) is 0 Å². The van der Waals surface area contributed by atoms with Gasteiger partial charge in [0.15, 0.2) is 34.9 Å². The van der Waals surface area contributed by atoms with E-state index in [2.05, 4.69) is 325 Å². The Kier molecular flexibility index (Phi) is 18.2. The maximum Gasteiger partial charge on any atom is 0.164 e. The van der Waals surface area contributed by atoms with Gasteiger partial charge in [-0.25, -0.2) is 29.9 Å². The van der Waals surface area contributed by atoms with Crippen LogP contribution in [-0.4, -0.2) is 39.9 Å². The van der Waals surface area contributed by atoms with Gasteiger partial charge >= 0.3 is 0 Å². The first kappa shape index (κ1) is 67.5. The molecule has 0 amide bonds. The van der Waals surface area contributed by atoms with Crippen LogP contribution in [0.1, 0.15) is 0 Å². The van der Waals surface area contributed by atoms with Crippen LogP contribution in [0.4, 0.5) is 0 Å². The molecule has 4 heterocycles. The summed E-state index contributed by atoms with van der Waals surface area (Å²) in [6, 6.07) is 138. The van der Waals surface area contributed by atoms with Gasteiger partial charge in [0.2, 0.25) is 0 Å². The summed E-state index contributed by atoms with van der Waals surface area (Å²) in [7, 11) is 0. The molecular weight excluding hydrogens is 1360 g/mol. The molecule has 0 N–H and O–H groups in total. The van der Waals surface area contributed by atoms with Crippen LogP contribution in [-0.2, 0) is 0 Å². The fourth-order valence-electron chi connectivity index (χ4n) is 14.9. The largest absolute Gasteiger partial charge is 0.264 e. The fraction of sp³-hybridized carbons (Fsp3) is 0. The Balaban J connectivity index is 0.000000151. The standard InChI is InChI=1S/2C52H34N4/c1-3-9-35(10-4-1)36-21-24-41(25-22-36)51-54-50(40-11-5-2-6-12-40)55-52(56-51)47-16-8-15-44(33-47)43-14-7-13-42(31-43)37-17-19-38(20-18-37)45-27-28-48-46(32-45)26-23-39-29-30-53-34-49(39)48;1-3-11-35(12-4-1)36-22-28-41(29-23-36)51-54-50(40-13-5-2-6-14-40)55-52(56-51)42-30-24-38(25-31-42)44-16-9-15-43(33-44)37-20-26-39(27-21-37)48-34-45-17-10-32-53-49(45)47-19-8-7-18-46(47)48/h2*1-34H. The third kappa shape index (κ3) is 14.1. The van der Waals surface area contributed by atoms with Gasteiger partial charge in [0.1, 0.15) is 0 Å². The molecule has 20 rings (SSSR count). The Morgan fingerprint density at radius 2 is 0.464 bits per heavy atom. The normalized spacial score (nSPS) is 11.2. The van der Waals surface area contributed by atoms with Crippen molar-refractivity contribution in [2.75, 3.05) is 0 Å². The molecule has 0 aliphatic rings. The summed E-state index contributed by atoms with van der Waals surface area (Å²) in [5.74, 6) is 3.83. The molecule has 0 radical (unpaired) electrons. The van der Waals surface area contributed by atoms with E-state index in [9.17, 15) is 0 Å². The highest BCUT2D eigenvalue weighted by atomic mass is 15.0. The van der Waals surface area contributed by atoms with Crippen LogP contribution in [0.5, 0.6) is 0 Å². The van der Waals surface area contributed by atoms with Gasteiger partial charge < -0.3 is 0 Å². The Morgan fingerprint density at radius 1 is 0.152 bits per heavy atom. The van der Waals surface area contributed by atoms with E-state index in [1.165, 1.54) is 76.8 Å². The highest BCUT2D eigenvalue weighted by Gasteiger charge is 2.18. The first-order valence-corrected chi connectivity index (χ1v) is 37.6. The van der Waals surface area contributed by atoms with E-state index in [1.807, 2.05) is 97.5 Å². The van der Waals surface area contributed by atoms with Crippen molar-refractivity contribution in [3.05, 3.63) is 413 Å². The molecule has 16 aromatic carbocycles. The molecule has 112 heavy (non-hydrogen) atoms. The van der Waals surface area contributed by atoms with E-state index >= 15 is 0 Å². The van der Waals surface area contributed by atoms with E-state index in [0.717, 1.165) is 88.8 Å². The molecule has 0 fully saturated rings. The van der Waals surface area contributed by atoms with Gasteiger partial charge in [0, 0.05) is 68.1 Å². The van der Waals surface area contributed by atoms with E-state index in [-0.39, 0.29) is 0 Å². The molecule has 0 spiro atoms. The number of fused-ring (bicyclic) bond motifs is 6. The zero-order valence-corrected chi connectivity index (χ0v) is 60.8. The lowest BCUT2D eigenvalue weighted by molar-refractivity contribution is 1.07. The average Bonchev–Trinajstić information content (AvgIpc) is 0.772. The second kappa shape index (κ2) is 30.3. The predicted molar refractivity (Wildman–Crippen MR) is 461 cm³/mol. The van der Waals surface area contributed by atoms with Crippen molar-refractivity contribution < 1.29 is 0 Å². The number of rotatable bonds is 14. The molecular formula is C104H68N8. The number of benzene rings is 16. The highest BCUT2D eigenvalue weighted by molar-refractivity contribution is 6.12. The maximum atomic E-state index is 5.04. The van der Waals surface area contributed by atoms with E-state index in [4.69, 9.17) is 29.9 Å². The first-order chi connectivity index (χ1) is 55.4. The summed E-state index contributed by atoms with van der Waals surface area (Å²) in [4.78, 5) is 38.9. The molecule has 0 aliphatic heterocycles. The van der Waals surface area contributed by atoms with Gasteiger partial charge in [0.25, 0.3) is 0 Å². The molecule has 0 saturated carbocycles. The summed E-state index contributed by atoms with van der Waals surface area (Å²) < 4.78 is 0. The number of aromatic nitrogens is 8. The van der Waals surface area contributed by atoms with Crippen LogP contribution in [0.2, 0.25) is 0 Å². The lowest BCUT2D eigenvalue weighted by atomic mass is 9.93. The van der Waals surface area contributed by atoms with Crippen LogP contribution in [0.25, 0.3) is 201 Å². The van der Waals surface area contributed by atoms with Gasteiger partial charge in [-0.1, -0.05) is 352 Å². The van der Waals surface area contributed by atoms with Crippen molar-refractivity contribution in [3.8, 4) is 157 Å². The lowest BCUT2D eigenvalue weighted by Crippen LogP contribution is -2.00. The summed E-state index contributed by atoms with van der Waals surface area (Å²) in [5.41, 5.74) is 25.2. The zero-order valence-electron chi connectivity index (χ0n) is 60.8. The molecule has 0 bridgehead atoms. The van der Waals surface area contributed by atoms with Crippen LogP contribution in [0, 0.1) is 0 Å². The smallest absolute Gasteiger partial charge is 0.164 e. The summed E-state index contributed by atoms with van der Waals surface area (Å²) in [5, 5.41) is 8.34. The monoisotopic (exact) mass is 1430 g/mol. The maximum absolute atomic E-state index is 5.04. The Hall–Kier alpha value is -15.1. The number of hydrogen-bond donors (Lipinski definition) is 0. The van der Waals surface area contributed by atoms with E-state index in [0.29, 0.717) is 34.9 Å². The highest BCUT2D eigenvalue weighted by Crippen LogP contribution is 2.39.